The van der Waals surface area contributed by atoms with Crippen LogP contribution in [-0.2, 0) is 16.4 Å². The standard InChI is InChI=1S/C16H16ClN3O3S/c1-23-16-5-3-11(7-13(16)17)24(21,22)20-10-2-4-15(20)12-8-18-9-19-14(12)6-10/h3,5,7-10,15H,2,4,6H2,1H3/t10-,15-/m0/s1. The summed E-state index contributed by atoms with van der Waals surface area (Å²) in [6.07, 6.45) is 5.49. The molecule has 0 saturated carbocycles. The van der Waals surface area contributed by atoms with Crippen LogP contribution in [0.15, 0.2) is 35.6 Å². The zero-order chi connectivity index (χ0) is 16.9. The lowest BCUT2D eigenvalue weighted by molar-refractivity contribution is 0.300. The van der Waals surface area contributed by atoms with Crippen molar-refractivity contribution >= 4 is 21.6 Å². The van der Waals surface area contributed by atoms with E-state index in [-0.39, 0.29) is 22.0 Å². The second-order valence-corrected chi connectivity index (χ2v) is 8.26. The maximum atomic E-state index is 13.2. The summed E-state index contributed by atoms with van der Waals surface area (Å²) in [5.74, 6) is 0.455. The Labute approximate surface area is 145 Å². The smallest absolute Gasteiger partial charge is 0.243 e. The molecule has 2 bridgehead atoms. The molecular weight excluding hydrogens is 350 g/mol. The molecule has 0 amide bonds. The molecule has 4 rings (SSSR count). The van der Waals surface area contributed by atoms with Gasteiger partial charge in [-0.05, 0) is 31.0 Å². The Bertz CT molecular complexity index is 903. The van der Waals surface area contributed by atoms with Crippen molar-refractivity contribution in [2.75, 3.05) is 7.11 Å². The van der Waals surface area contributed by atoms with Gasteiger partial charge in [0.2, 0.25) is 10.0 Å². The Morgan fingerprint density at radius 3 is 2.92 bits per heavy atom. The van der Waals surface area contributed by atoms with Crippen LogP contribution in [-0.4, -0.2) is 35.8 Å². The summed E-state index contributed by atoms with van der Waals surface area (Å²) in [6.45, 7) is 0. The van der Waals surface area contributed by atoms with Crippen molar-refractivity contribution in [3.8, 4) is 5.75 Å². The first-order valence-electron chi connectivity index (χ1n) is 7.68. The van der Waals surface area contributed by atoms with Crippen LogP contribution in [0.3, 0.4) is 0 Å². The molecule has 2 aliphatic rings. The molecule has 8 heteroatoms. The number of benzene rings is 1. The van der Waals surface area contributed by atoms with Crippen LogP contribution in [0.2, 0.25) is 5.02 Å². The topological polar surface area (TPSA) is 72.4 Å². The van der Waals surface area contributed by atoms with Gasteiger partial charge in [0.15, 0.2) is 0 Å². The van der Waals surface area contributed by atoms with Crippen LogP contribution in [0.1, 0.15) is 30.1 Å². The number of hydrogen-bond acceptors (Lipinski definition) is 5. The van der Waals surface area contributed by atoms with Crippen molar-refractivity contribution in [1.29, 1.82) is 0 Å². The number of hydrogen-bond donors (Lipinski definition) is 0. The second kappa shape index (κ2) is 5.68. The van der Waals surface area contributed by atoms with Crippen molar-refractivity contribution in [2.45, 2.75) is 36.2 Å². The minimum atomic E-state index is -3.65. The Kier molecular flexibility index (Phi) is 3.74. The summed E-state index contributed by atoms with van der Waals surface area (Å²) in [6, 6.07) is 4.30. The van der Waals surface area contributed by atoms with E-state index in [1.165, 1.54) is 25.6 Å². The van der Waals surface area contributed by atoms with Crippen molar-refractivity contribution in [2.24, 2.45) is 0 Å². The maximum absolute atomic E-state index is 13.2. The van der Waals surface area contributed by atoms with Gasteiger partial charge in [0.1, 0.15) is 12.1 Å². The van der Waals surface area contributed by atoms with Crippen LogP contribution < -0.4 is 4.74 Å². The highest BCUT2D eigenvalue weighted by atomic mass is 35.5. The van der Waals surface area contributed by atoms with Gasteiger partial charge >= 0.3 is 0 Å². The first-order chi connectivity index (χ1) is 11.5. The number of ether oxygens (including phenoxy) is 1. The minimum absolute atomic E-state index is 0.0664. The molecule has 0 N–H and O–H groups in total. The van der Waals surface area contributed by atoms with Gasteiger partial charge in [0, 0.05) is 24.2 Å². The van der Waals surface area contributed by atoms with Gasteiger partial charge in [0.05, 0.1) is 28.8 Å². The number of halogens is 1. The van der Waals surface area contributed by atoms with Crippen LogP contribution in [0, 0.1) is 0 Å². The van der Waals surface area contributed by atoms with E-state index in [9.17, 15) is 8.42 Å². The molecule has 0 aliphatic carbocycles. The molecule has 24 heavy (non-hydrogen) atoms. The molecule has 1 aromatic heterocycles. The lowest BCUT2D eigenvalue weighted by Gasteiger charge is -2.34. The van der Waals surface area contributed by atoms with Gasteiger partial charge in [-0.15, -0.1) is 0 Å². The number of nitrogens with zero attached hydrogens (tertiary/aromatic N) is 3. The zero-order valence-corrected chi connectivity index (χ0v) is 14.6. The van der Waals surface area contributed by atoms with Crippen LogP contribution in [0.4, 0.5) is 0 Å². The maximum Gasteiger partial charge on any atom is 0.243 e. The molecule has 2 aromatic rings. The predicted molar refractivity (Wildman–Crippen MR) is 88.5 cm³/mol. The van der Waals surface area contributed by atoms with E-state index in [1.807, 2.05) is 0 Å². The molecule has 6 nitrogen and oxygen atoms in total. The molecular formula is C16H16ClN3O3S. The monoisotopic (exact) mass is 365 g/mol. The molecule has 2 aliphatic heterocycles. The Hall–Kier alpha value is -1.70. The molecule has 0 spiro atoms. The molecule has 1 aromatic carbocycles. The predicted octanol–water partition coefficient (Wildman–Crippen LogP) is 2.59. The van der Waals surface area contributed by atoms with E-state index in [4.69, 9.17) is 16.3 Å². The fourth-order valence-corrected chi connectivity index (χ4v) is 5.87. The first kappa shape index (κ1) is 15.8. The summed E-state index contributed by atoms with van der Waals surface area (Å²) >= 11 is 6.12. The third-order valence-corrected chi connectivity index (χ3v) is 7.01. The van der Waals surface area contributed by atoms with Crippen molar-refractivity contribution in [3.05, 3.63) is 47.0 Å². The number of sulfonamides is 1. The minimum Gasteiger partial charge on any atom is -0.495 e. The fourth-order valence-electron chi connectivity index (χ4n) is 3.67. The molecule has 0 unspecified atom stereocenters. The third-order valence-electron chi connectivity index (χ3n) is 4.75. The van der Waals surface area contributed by atoms with E-state index in [1.54, 1.807) is 16.6 Å². The highest BCUT2D eigenvalue weighted by Crippen LogP contribution is 2.46. The van der Waals surface area contributed by atoms with Crippen molar-refractivity contribution in [1.82, 2.24) is 14.3 Å². The Balaban J connectivity index is 1.77. The van der Waals surface area contributed by atoms with Crippen LogP contribution in [0.25, 0.3) is 0 Å². The third kappa shape index (κ3) is 2.30. The summed E-state index contributed by atoms with van der Waals surface area (Å²) in [5.41, 5.74) is 1.87. The van der Waals surface area contributed by atoms with Crippen molar-refractivity contribution in [3.63, 3.8) is 0 Å². The van der Waals surface area contributed by atoms with E-state index >= 15 is 0 Å². The van der Waals surface area contributed by atoms with E-state index in [0.717, 1.165) is 24.1 Å². The SMILES string of the molecule is COc1ccc(S(=O)(=O)N2[C@H]3CC[C@H]2c2cncnc2C3)cc1Cl. The molecule has 126 valence electrons. The Morgan fingerprint density at radius 2 is 2.17 bits per heavy atom. The van der Waals surface area contributed by atoms with Gasteiger partial charge in [-0.1, -0.05) is 11.6 Å². The number of rotatable bonds is 3. The second-order valence-electron chi connectivity index (χ2n) is 6.01. The summed E-state index contributed by atoms with van der Waals surface area (Å²) in [5, 5.41) is 0.284. The average Bonchev–Trinajstić information content (AvgIpc) is 2.91. The largest absolute Gasteiger partial charge is 0.495 e. The normalized spacial score (nSPS) is 23.1. The Morgan fingerprint density at radius 1 is 1.33 bits per heavy atom. The average molecular weight is 366 g/mol. The van der Waals surface area contributed by atoms with E-state index in [2.05, 4.69) is 9.97 Å². The lowest BCUT2D eigenvalue weighted by atomic mass is 10.0. The van der Waals surface area contributed by atoms with Gasteiger partial charge in [-0.2, -0.15) is 4.31 Å². The van der Waals surface area contributed by atoms with E-state index < -0.39 is 10.0 Å². The van der Waals surface area contributed by atoms with Gasteiger partial charge in [-0.25, -0.2) is 18.4 Å². The van der Waals surface area contributed by atoms with Gasteiger partial charge in [0.25, 0.3) is 0 Å². The lowest BCUT2D eigenvalue weighted by Crippen LogP contribution is -2.42. The van der Waals surface area contributed by atoms with Gasteiger partial charge in [-0.3, -0.25) is 0 Å². The molecule has 0 radical (unpaired) electrons. The molecule has 2 atom stereocenters. The quantitative estimate of drug-likeness (QED) is 0.835. The zero-order valence-electron chi connectivity index (χ0n) is 13.0. The number of methoxy groups -OCH3 is 1. The number of fused-ring (bicyclic) bond motifs is 4. The highest BCUT2D eigenvalue weighted by Gasteiger charge is 2.47. The highest BCUT2D eigenvalue weighted by molar-refractivity contribution is 7.89. The van der Waals surface area contributed by atoms with Crippen LogP contribution >= 0.6 is 11.6 Å². The van der Waals surface area contributed by atoms with E-state index in [0.29, 0.717) is 12.2 Å². The summed E-state index contributed by atoms with van der Waals surface area (Å²) in [4.78, 5) is 8.57. The number of aromatic nitrogens is 2. The molecule has 1 fully saturated rings. The summed E-state index contributed by atoms with van der Waals surface area (Å²) < 4.78 is 33.1. The van der Waals surface area contributed by atoms with Crippen LogP contribution in [0.5, 0.6) is 5.75 Å². The first-order valence-corrected chi connectivity index (χ1v) is 9.50. The molecule has 3 heterocycles. The van der Waals surface area contributed by atoms with Gasteiger partial charge < -0.3 is 4.74 Å². The van der Waals surface area contributed by atoms with Crippen molar-refractivity contribution < 1.29 is 13.2 Å². The molecule has 1 saturated heterocycles. The summed E-state index contributed by atoms with van der Waals surface area (Å²) in [7, 11) is -2.15. The fraction of sp³-hybridized carbons (Fsp3) is 0.375.